The molecule has 3 rings (SSSR count). The van der Waals surface area contributed by atoms with Crippen LogP contribution >= 0.6 is 11.3 Å². The van der Waals surface area contributed by atoms with Crippen molar-refractivity contribution in [2.45, 2.75) is 32.2 Å². The highest BCUT2D eigenvalue weighted by molar-refractivity contribution is 7.07. The zero-order valence-corrected chi connectivity index (χ0v) is 11.4. The molecule has 0 saturated carbocycles. The number of carbonyl (C=O) groups is 1. The Labute approximate surface area is 115 Å². The summed E-state index contributed by atoms with van der Waals surface area (Å²) in [4.78, 5) is 23.9. The summed E-state index contributed by atoms with van der Waals surface area (Å²) < 4.78 is 1.78. The van der Waals surface area contributed by atoms with Gasteiger partial charge in [-0.2, -0.15) is 11.3 Å². The summed E-state index contributed by atoms with van der Waals surface area (Å²) in [5, 5.41) is 4.15. The molecule has 1 aliphatic rings. The van der Waals surface area contributed by atoms with Gasteiger partial charge in [0, 0.05) is 30.3 Å². The third kappa shape index (κ3) is 2.40. The predicted molar refractivity (Wildman–Crippen MR) is 76.0 cm³/mol. The van der Waals surface area contributed by atoms with Crippen LogP contribution in [0.1, 0.15) is 34.5 Å². The zero-order valence-electron chi connectivity index (χ0n) is 10.6. The van der Waals surface area contributed by atoms with Gasteiger partial charge in [0.05, 0.1) is 0 Å². The summed E-state index contributed by atoms with van der Waals surface area (Å²) in [7, 11) is 0. The quantitative estimate of drug-likeness (QED) is 0.862. The highest BCUT2D eigenvalue weighted by Crippen LogP contribution is 2.20. The lowest BCUT2D eigenvalue weighted by Crippen LogP contribution is -2.28. The molecule has 0 atom stereocenters. The standard InChI is InChI=1S/C15H15NO2S/c17-14-3-1-2-13-12(14)4-5-15(18)16(13)8-6-11-7-9-19-10-11/h4-5,7,9-10H,1-3,6,8H2. The number of thiophene rings is 1. The van der Waals surface area contributed by atoms with Crippen molar-refractivity contribution in [2.75, 3.05) is 0 Å². The molecule has 98 valence electrons. The number of Topliss-reactive ketones (excluding diaryl/α,β-unsaturated/α-hetero) is 1. The van der Waals surface area contributed by atoms with Crippen molar-refractivity contribution in [3.05, 3.63) is 56.1 Å². The highest BCUT2D eigenvalue weighted by Gasteiger charge is 2.20. The fourth-order valence-corrected chi connectivity index (χ4v) is 3.32. The van der Waals surface area contributed by atoms with Crippen LogP contribution in [0, 0.1) is 0 Å². The molecule has 0 spiro atoms. The molecule has 0 saturated heterocycles. The van der Waals surface area contributed by atoms with E-state index in [-0.39, 0.29) is 11.3 Å². The van der Waals surface area contributed by atoms with Crippen LogP contribution in [-0.2, 0) is 19.4 Å². The van der Waals surface area contributed by atoms with E-state index in [1.165, 1.54) is 11.6 Å². The second kappa shape index (κ2) is 5.13. The number of pyridine rings is 1. The Morgan fingerprint density at radius 2 is 2.05 bits per heavy atom. The summed E-state index contributed by atoms with van der Waals surface area (Å²) in [5.41, 5.74) is 2.93. The minimum absolute atomic E-state index is 0.00341. The Balaban J connectivity index is 1.94. The molecule has 1 aliphatic carbocycles. The first-order valence-corrected chi connectivity index (χ1v) is 7.47. The summed E-state index contributed by atoms with van der Waals surface area (Å²) in [6, 6.07) is 5.30. The molecule has 0 unspecified atom stereocenters. The molecular formula is C15H15NO2S. The van der Waals surface area contributed by atoms with E-state index in [0.717, 1.165) is 30.5 Å². The zero-order chi connectivity index (χ0) is 13.2. The Morgan fingerprint density at radius 3 is 2.84 bits per heavy atom. The minimum Gasteiger partial charge on any atom is -0.312 e. The van der Waals surface area contributed by atoms with Crippen LogP contribution in [0.4, 0.5) is 0 Å². The first kappa shape index (κ1) is 12.4. The molecule has 2 heterocycles. The van der Waals surface area contributed by atoms with Crippen LogP contribution in [0.25, 0.3) is 0 Å². The van der Waals surface area contributed by atoms with Crippen LogP contribution < -0.4 is 5.56 Å². The number of fused-ring (bicyclic) bond motifs is 1. The van der Waals surface area contributed by atoms with E-state index in [4.69, 9.17) is 0 Å². The fraction of sp³-hybridized carbons (Fsp3) is 0.333. The van der Waals surface area contributed by atoms with E-state index in [0.29, 0.717) is 13.0 Å². The lowest BCUT2D eigenvalue weighted by Gasteiger charge is -2.19. The van der Waals surface area contributed by atoms with Gasteiger partial charge in [0.1, 0.15) is 0 Å². The number of aromatic nitrogens is 1. The summed E-state index contributed by atoms with van der Waals surface area (Å²) in [6.45, 7) is 0.659. The predicted octanol–water partition coefficient (Wildman–Crippen LogP) is 2.67. The van der Waals surface area contributed by atoms with Crippen LogP contribution in [0.2, 0.25) is 0 Å². The second-order valence-corrected chi connectivity index (χ2v) is 5.62. The summed E-state index contributed by atoms with van der Waals surface area (Å²) >= 11 is 1.67. The molecule has 0 fully saturated rings. The number of hydrogen-bond acceptors (Lipinski definition) is 3. The number of ketones is 1. The van der Waals surface area contributed by atoms with Gasteiger partial charge in [-0.3, -0.25) is 9.59 Å². The third-order valence-electron chi connectivity index (χ3n) is 3.62. The highest BCUT2D eigenvalue weighted by atomic mass is 32.1. The van der Waals surface area contributed by atoms with E-state index in [1.54, 1.807) is 22.0 Å². The largest absolute Gasteiger partial charge is 0.312 e. The lowest BCUT2D eigenvalue weighted by molar-refractivity contribution is 0.0970. The van der Waals surface area contributed by atoms with Crippen LogP contribution in [0.15, 0.2) is 33.8 Å². The van der Waals surface area contributed by atoms with Crippen molar-refractivity contribution in [1.82, 2.24) is 4.57 Å². The molecule has 0 amide bonds. The average molecular weight is 273 g/mol. The van der Waals surface area contributed by atoms with Gasteiger partial charge in [-0.1, -0.05) is 0 Å². The molecule has 2 aromatic rings. The summed E-state index contributed by atoms with van der Waals surface area (Å²) in [5.74, 6) is 0.172. The molecule has 0 aliphatic heterocycles. The first-order chi connectivity index (χ1) is 9.25. The van der Waals surface area contributed by atoms with Gasteiger partial charge >= 0.3 is 0 Å². The van der Waals surface area contributed by atoms with E-state index in [1.807, 2.05) is 5.38 Å². The normalized spacial score (nSPS) is 14.4. The Morgan fingerprint density at radius 1 is 1.16 bits per heavy atom. The molecule has 0 N–H and O–H groups in total. The number of rotatable bonds is 3. The molecule has 0 bridgehead atoms. The van der Waals surface area contributed by atoms with Gasteiger partial charge < -0.3 is 4.57 Å². The molecule has 0 radical (unpaired) electrons. The van der Waals surface area contributed by atoms with Gasteiger partial charge in [0.25, 0.3) is 5.56 Å². The molecule has 3 nitrogen and oxygen atoms in total. The molecular weight excluding hydrogens is 258 g/mol. The van der Waals surface area contributed by atoms with E-state index >= 15 is 0 Å². The Kier molecular flexibility index (Phi) is 3.34. The Hall–Kier alpha value is -1.68. The third-order valence-corrected chi connectivity index (χ3v) is 4.35. The van der Waals surface area contributed by atoms with Gasteiger partial charge in [-0.05, 0) is 47.7 Å². The monoisotopic (exact) mass is 273 g/mol. The molecule has 4 heteroatoms. The fourth-order valence-electron chi connectivity index (χ4n) is 2.61. The van der Waals surface area contributed by atoms with Crippen molar-refractivity contribution < 1.29 is 4.79 Å². The average Bonchev–Trinajstić information content (AvgIpc) is 2.91. The van der Waals surface area contributed by atoms with Gasteiger partial charge in [0.15, 0.2) is 5.78 Å². The maximum atomic E-state index is 12.0. The van der Waals surface area contributed by atoms with Crippen molar-refractivity contribution in [3.63, 3.8) is 0 Å². The topological polar surface area (TPSA) is 39.1 Å². The summed E-state index contributed by atoms with van der Waals surface area (Å²) in [6.07, 6.45) is 3.14. The van der Waals surface area contributed by atoms with E-state index in [9.17, 15) is 9.59 Å². The van der Waals surface area contributed by atoms with E-state index in [2.05, 4.69) is 11.4 Å². The number of aryl methyl sites for hydroxylation is 1. The Bertz CT molecular complexity index is 655. The van der Waals surface area contributed by atoms with E-state index < -0.39 is 0 Å². The maximum absolute atomic E-state index is 12.0. The molecule has 0 aromatic carbocycles. The SMILES string of the molecule is O=C1CCCc2c1ccc(=O)n2CCc1ccsc1. The van der Waals surface area contributed by atoms with Crippen LogP contribution in [0.5, 0.6) is 0 Å². The van der Waals surface area contributed by atoms with Gasteiger partial charge in [-0.25, -0.2) is 0 Å². The van der Waals surface area contributed by atoms with Crippen molar-refractivity contribution >= 4 is 17.1 Å². The van der Waals surface area contributed by atoms with Crippen molar-refractivity contribution in [1.29, 1.82) is 0 Å². The second-order valence-electron chi connectivity index (χ2n) is 4.84. The van der Waals surface area contributed by atoms with Gasteiger partial charge in [-0.15, -0.1) is 0 Å². The minimum atomic E-state index is 0.00341. The molecule has 2 aromatic heterocycles. The number of carbonyl (C=O) groups excluding carboxylic acids is 1. The lowest BCUT2D eigenvalue weighted by atomic mass is 9.94. The number of nitrogens with zero attached hydrogens (tertiary/aromatic N) is 1. The van der Waals surface area contributed by atoms with Crippen molar-refractivity contribution in [2.24, 2.45) is 0 Å². The first-order valence-electron chi connectivity index (χ1n) is 6.53. The van der Waals surface area contributed by atoms with Crippen LogP contribution in [-0.4, -0.2) is 10.4 Å². The van der Waals surface area contributed by atoms with Crippen LogP contribution in [0.3, 0.4) is 0 Å². The maximum Gasteiger partial charge on any atom is 0.250 e. The molecule has 19 heavy (non-hydrogen) atoms. The smallest absolute Gasteiger partial charge is 0.250 e. The van der Waals surface area contributed by atoms with Gasteiger partial charge in [0.2, 0.25) is 0 Å². The van der Waals surface area contributed by atoms with Crippen molar-refractivity contribution in [3.8, 4) is 0 Å². The number of hydrogen-bond donors (Lipinski definition) is 0.